The summed E-state index contributed by atoms with van der Waals surface area (Å²) in [4.78, 5) is 28.5. The van der Waals surface area contributed by atoms with Gasteiger partial charge in [-0.15, -0.1) is 0 Å². The van der Waals surface area contributed by atoms with Gasteiger partial charge in [0.05, 0.1) is 0 Å². The molecule has 3 aromatic rings. The molecule has 5 nitrogen and oxygen atoms in total. The van der Waals surface area contributed by atoms with Crippen LogP contribution in [0.4, 0.5) is 0 Å². The summed E-state index contributed by atoms with van der Waals surface area (Å²) in [5, 5.41) is 3.82. The van der Waals surface area contributed by atoms with Crippen LogP contribution in [0.5, 0.6) is 5.75 Å². The fraction of sp³-hybridized carbons (Fsp3) is 0.310. The van der Waals surface area contributed by atoms with E-state index in [1.54, 1.807) is 18.2 Å². The minimum Gasteiger partial charge on any atom is -0.484 e. The van der Waals surface area contributed by atoms with Crippen LogP contribution in [0.15, 0.2) is 66.7 Å². The summed E-state index contributed by atoms with van der Waals surface area (Å²) in [7, 11) is 0. The molecule has 0 heterocycles. The number of carbonyl (C=O) groups excluding carboxylic acids is 2. The monoisotopic (exact) mass is 526 g/mol. The molecule has 1 N–H and O–H groups in total. The highest BCUT2D eigenvalue weighted by Crippen LogP contribution is 2.27. The van der Waals surface area contributed by atoms with Crippen molar-refractivity contribution in [1.29, 1.82) is 0 Å². The molecule has 0 bridgehead atoms. The molecule has 0 saturated carbocycles. The van der Waals surface area contributed by atoms with Crippen LogP contribution >= 0.6 is 23.2 Å². The van der Waals surface area contributed by atoms with Crippen LogP contribution < -0.4 is 10.1 Å². The molecule has 0 saturated heterocycles. The standard InChI is InChI=1S/C29H32Cl2N2O3/c1-4-13-32-29(35)27(17-22-9-6-5-7-10-22)33(18-24-25(30)11-8-12-26(24)31)28(34)19-36-23-15-20(2)14-21(3)16-23/h5-12,14-16,27H,4,13,17-19H2,1-3H3,(H,32,35)/t27-/m0/s1. The largest absolute Gasteiger partial charge is 0.484 e. The summed E-state index contributed by atoms with van der Waals surface area (Å²) in [5.41, 5.74) is 3.60. The Kier molecular flexibility index (Phi) is 10.2. The molecular weight excluding hydrogens is 495 g/mol. The summed E-state index contributed by atoms with van der Waals surface area (Å²) in [6, 6.07) is 19.8. The molecule has 2 amide bonds. The number of nitrogens with one attached hydrogen (secondary N) is 1. The van der Waals surface area contributed by atoms with Gasteiger partial charge in [-0.25, -0.2) is 0 Å². The third kappa shape index (κ3) is 7.74. The lowest BCUT2D eigenvalue weighted by atomic mass is 10.0. The molecule has 0 fully saturated rings. The van der Waals surface area contributed by atoms with Crippen molar-refractivity contribution < 1.29 is 14.3 Å². The Balaban J connectivity index is 1.95. The van der Waals surface area contributed by atoms with Crippen LogP contribution in [-0.4, -0.2) is 35.9 Å². The molecular formula is C29H32Cl2N2O3. The van der Waals surface area contributed by atoms with Crippen LogP contribution in [0, 0.1) is 13.8 Å². The first kappa shape index (κ1) is 27.6. The van der Waals surface area contributed by atoms with Crippen molar-refractivity contribution in [2.75, 3.05) is 13.2 Å². The summed E-state index contributed by atoms with van der Waals surface area (Å²) >= 11 is 12.9. The second-order valence-corrected chi connectivity index (χ2v) is 9.64. The van der Waals surface area contributed by atoms with Gasteiger partial charge in [-0.2, -0.15) is 0 Å². The maximum Gasteiger partial charge on any atom is 0.261 e. The van der Waals surface area contributed by atoms with Gasteiger partial charge >= 0.3 is 0 Å². The number of hydrogen-bond acceptors (Lipinski definition) is 3. The van der Waals surface area contributed by atoms with Crippen molar-refractivity contribution >= 4 is 35.0 Å². The first-order chi connectivity index (χ1) is 17.3. The van der Waals surface area contributed by atoms with E-state index in [0.29, 0.717) is 34.3 Å². The van der Waals surface area contributed by atoms with Crippen LogP contribution in [0.2, 0.25) is 10.0 Å². The number of benzene rings is 3. The van der Waals surface area contributed by atoms with Gasteiger partial charge in [0.15, 0.2) is 6.61 Å². The first-order valence-electron chi connectivity index (χ1n) is 12.0. The van der Waals surface area contributed by atoms with Gasteiger partial charge in [0.2, 0.25) is 5.91 Å². The third-order valence-electron chi connectivity index (χ3n) is 5.77. The molecule has 0 radical (unpaired) electrons. The molecule has 3 aromatic carbocycles. The van der Waals surface area contributed by atoms with Crippen LogP contribution in [-0.2, 0) is 22.6 Å². The molecule has 0 aliphatic carbocycles. The number of rotatable bonds is 11. The van der Waals surface area contributed by atoms with E-state index < -0.39 is 6.04 Å². The van der Waals surface area contributed by atoms with Crippen LogP contribution in [0.3, 0.4) is 0 Å². The SMILES string of the molecule is CCCNC(=O)[C@H](Cc1ccccc1)N(Cc1c(Cl)cccc1Cl)C(=O)COc1cc(C)cc(C)c1. The normalized spacial score (nSPS) is 11.6. The Labute approximate surface area is 223 Å². The van der Waals surface area contributed by atoms with E-state index in [1.807, 2.05) is 69.3 Å². The van der Waals surface area contributed by atoms with Gasteiger partial charge in [0.25, 0.3) is 5.91 Å². The molecule has 0 unspecified atom stereocenters. The van der Waals surface area contributed by atoms with Crippen molar-refractivity contribution in [2.45, 2.75) is 46.2 Å². The molecule has 0 aliphatic rings. The molecule has 3 rings (SSSR count). The highest BCUT2D eigenvalue weighted by molar-refractivity contribution is 6.36. The van der Waals surface area contributed by atoms with E-state index in [1.165, 1.54) is 4.90 Å². The zero-order valence-corrected chi connectivity index (χ0v) is 22.4. The summed E-state index contributed by atoms with van der Waals surface area (Å²) < 4.78 is 5.88. The van der Waals surface area contributed by atoms with Gasteiger partial charge < -0.3 is 15.0 Å². The van der Waals surface area contributed by atoms with Crippen molar-refractivity contribution in [1.82, 2.24) is 10.2 Å². The summed E-state index contributed by atoms with van der Waals surface area (Å²) in [5.74, 6) is 0.0352. The molecule has 190 valence electrons. The van der Waals surface area contributed by atoms with E-state index in [4.69, 9.17) is 27.9 Å². The average molecular weight is 527 g/mol. The maximum absolute atomic E-state index is 13.7. The van der Waals surface area contributed by atoms with E-state index in [0.717, 1.165) is 23.1 Å². The van der Waals surface area contributed by atoms with Crippen molar-refractivity contribution in [3.63, 3.8) is 0 Å². The van der Waals surface area contributed by atoms with E-state index in [9.17, 15) is 9.59 Å². The van der Waals surface area contributed by atoms with Gasteiger partial charge in [0.1, 0.15) is 11.8 Å². The second-order valence-electron chi connectivity index (χ2n) is 8.83. The number of aryl methyl sites for hydroxylation is 2. The number of halogens is 2. The van der Waals surface area contributed by atoms with Gasteiger partial charge in [-0.1, -0.05) is 72.6 Å². The number of carbonyl (C=O) groups is 2. The quantitative estimate of drug-likeness (QED) is 0.325. The molecule has 0 spiro atoms. The summed E-state index contributed by atoms with van der Waals surface area (Å²) in [6.07, 6.45) is 1.12. The summed E-state index contributed by atoms with van der Waals surface area (Å²) in [6.45, 7) is 6.29. The van der Waals surface area contributed by atoms with Crippen molar-refractivity contribution in [2.24, 2.45) is 0 Å². The number of hydrogen-bond donors (Lipinski definition) is 1. The molecule has 7 heteroatoms. The van der Waals surface area contributed by atoms with E-state index >= 15 is 0 Å². The Morgan fingerprint density at radius 3 is 2.19 bits per heavy atom. The van der Waals surface area contributed by atoms with Crippen molar-refractivity contribution in [3.8, 4) is 5.75 Å². The van der Waals surface area contributed by atoms with Crippen LogP contribution in [0.25, 0.3) is 0 Å². The number of amides is 2. The first-order valence-corrected chi connectivity index (χ1v) is 12.8. The Morgan fingerprint density at radius 2 is 1.58 bits per heavy atom. The smallest absolute Gasteiger partial charge is 0.261 e. The third-order valence-corrected chi connectivity index (χ3v) is 6.48. The second kappa shape index (κ2) is 13.3. The minimum absolute atomic E-state index is 0.0740. The Bertz CT molecular complexity index is 1140. The highest BCUT2D eigenvalue weighted by Gasteiger charge is 2.31. The zero-order chi connectivity index (χ0) is 26.1. The predicted molar refractivity (Wildman–Crippen MR) is 146 cm³/mol. The average Bonchev–Trinajstić information content (AvgIpc) is 2.85. The Hall–Kier alpha value is -3.02. The molecule has 36 heavy (non-hydrogen) atoms. The van der Waals surface area contributed by atoms with E-state index in [-0.39, 0.29) is 25.0 Å². The lowest BCUT2D eigenvalue weighted by Gasteiger charge is -2.32. The lowest BCUT2D eigenvalue weighted by molar-refractivity contribution is -0.142. The minimum atomic E-state index is -0.776. The van der Waals surface area contributed by atoms with Gasteiger partial charge in [-0.3, -0.25) is 9.59 Å². The van der Waals surface area contributed by atoms with Gasteiger partial charge in [-0.05, 0) is 61.2 Å². The maximum atomic E-state index is 13.7. The lowest BCUT2D eigenvalue weighted by Crippen LogP contribution is -2.51. The van der Waals surface area contributed by atoms with Crippen molar-refractivity contribution in [3.05, 3.63) is 99.0 Å². The van der Waals surface area contributed by atoms with Crippen LogP contribution in [0.1, 0.15) is 35.6 Å². The highest BCUT2D eigenvalue weighted by atomic mass is 35.5. The number of ether oxygens (including phenoxy) is 1. The Morgan fingerprint density at radius 1 is 0.944 bits per heavy atom. The zero-order valence-electron chi connectivity index (χ0n) is 20.9. The fourth-order valence-electron chi connectivity index (χ4n) is 4.02. The molecule has 0 aromatic heterocycles. The fourth-order valence-corrected chi connectivity index (χ4v) is 4.53. The molecule has 1 atom stereocenters. The topological polar surface area (TPSA) is 58.6 Å². The van der Waals surface area contributed by atoms with E-state index in [2.05, 4.69) is 5.32 Å². The number of nitrogens with zero attached hydrogens (tertiary/aromatic N) is 1. The van der Waals surface area contributed by atoms with Gasteiger partial charge in [0, 0.05) is 35.1 Å². The molecule has 0 aliphatic heterocycles. The predicted octanol–water partition coefficient (Wildman–Crippen LogP) is 6.16.